The van der Waals surface area contributed by atoms with Crippen LogP contribution in [0.3, 0.4) is 0 Å². The maximum atomic E-state index is 12.4. The Balaban J connectivity index is 1.45. The molecule has 1 aliphatic rings. The largest absolute Gasteiger partial charge is 0.495 e. The van der Waals surface area contributed by atoms with Crippen LogP contribution in [0.2, 0.25) is 0 Å². The standard InChI is InChI=1S/C21H25N3O5/c1-14-5-6-17(28-2)16(12-14)23-19(25)13-22-20(26)15-7-9-24(10-8-15)21(27)18-4-3-11-29-18/h3-6,11-12,15H,7-10,13H2,1-2H3,(H,22,26)(H,23,25). The number of hydrogen-bond acceptors (Lipinski definition) is 5. The third-order valence-electron chi connectivity index (χ3n) is 4.94. The van der Waals surface area contributed by atoms with Crippen molar-refractivity contribution in [2.45, 2.75) is 19.8 Å². The molecule has 8 heteroatoms. The summed E-state index contributed by atoms with van der Waals surface area (Å²) >= 11 is 0. The van der Waals surface area contributed by atoms with Crippen LogP contribution in [0, 0.1) is 12.8 Å². The summed E-state index contributed by atoms with van der Waals surface area (Å²) in [5, 5.41) is 5.44. The van der Waals surface area contributed by atoms with Crippen molar-refractivity contribution < 1.29 is 23.5 Å². The van der Waals surface area contributed by atoms with Gasteiger partial charge in [0.1, 0.15) is 5.75 Å². The minimum atomic E-state index is -0.326. The first kappa shape index (κ1) is 20.4. The molecule has 3 amide bonds. The van der Waals surface area contributed by atoms with E-state index in [-0.39, 0.29) is 30.2 Å². The van der Waals surface area contributed by atoms with E-state index in [2.05, 4.69) is 10.6 Å². The van der Waals surface area contributed by atoms with Gasteiger partial charge < -0.3 is 24.7 Å². The summed E-state index contributed by atoms with van der Waals surface area (Å²) in [5.41, 5.74) is 1.55. The van der Waals surface area contributed by atoms with Crippen LogP contribution < -0.4 is 15.4 Å². The highest BCUT2D eigenvalue weighted by molar-refractivity contribution is 5.96. The highest BCUT2D eigenvalue weighted by Gasteiger charge is 2.28. The second-order valence-electron chi connectivity index (χ2n) is 7.01. The number of hydrogen-bond donors (Lipinski definition) is 2. The van der Waals surface area contributed by atoms with Gasteiger partial charge in [-0.05, 0) is 49.6 Å². The molecule has 2 heterocycles. The number of aryl methyl sites for hydroxylation is 1. The Labute approximate surface area is 169 Å². The molecule has 2 N–H and O–H groups in total. The highest BCUT2D eigenvalue weighted by atomic mass is 16.5. The summed E-state index contributed by atoms with van der Waals surface area (Å²) in [7, 11) is 1.53. The summed E-state index contributed by atoms with van der Waals surface area (Å²) < 4.78 is 10.4. The molecule has 0 aliphatic carbocycles. The topological polar surface area (TPSA) is 101 Å². The number of nitrogens with one attached hydrogen (secondary N) is 2. The summed E-state index contributed by atoms with van der Waals surface area (Å²) in [4.78, 5) is 38.6. The van der Waals surface area contributed by atoms with Crippen molar-refractivity contribution in [2.75, 3.05) is 32.1 Å². The lowest BCUT2D eigenvalue weighted by molar-refractivity contribution is -0.128. The van der Waals surface area contributed by atoms with Crippen molar-refractivity contribution in [1.82, 2.24) is 10.2 Å². The van der Waals surface area contributed by atoms with Gasteiger partial charge in [0.15, 0.2) is 5.76 Å². The first-order chi connectivity index (χ1) is 14.0. The van der Waals surface area contributed by atoms with Gasteiger partial charge in [-0.3, -0.25) is 14.4 Å². The number of nitrogens with zero attached hydrogens (tertiary/aromatic N) is 1. The van der Waals surface area contributed by atoms with Crippen LogP contribution in [0.5, 0.6) is 5.75 Å². The van der Waals surface area contributed by atoms with Crippen molar-refractivity contribution in [3.63, 3.8) is 0 Å². The maximum absolute atomic E-state index is 12.4. The van der Waals surface area contributed by atoms with Crippen molar-refractivity contribution in [3.05, 3.63) is 47.9 Å². The van der Waals surface area contributed by atoms with E-state index in [1.165, 1.54) is 13.4 Å². The molecule has 0 saturated carbocycles. The quantitative estimate of drug-likeness (QED) is 0.776. The van der Waals surface area contributed by atoms with Gasteiger partial charge in [-0.2, -0.15) is 0 Å². The van der Waals surface area contributed by atoms with Crippen molar-refractivity contribution in [3.8, 4) is 5.75 Å². The number of anilines is 1. The Morgan fingerprint density at radius 1 is 1.21 bits per heavy atom. The van der Waals surface area contributed by atoms with Gasteiger partial charge >= 0.3 is 0 Å². The second-order valence-corrected chi connectivity index (χ2v) is 7.01. The number of piperidine rings is 1. The van der Waals surface area contributed by atoms with E-state index in [1.54, 1.807) is 23.1 Å². The Morgan fingerprint density at radius 2 is 1.97 bits per heavy atom. The van der Waals surface area contributed by atoms with Crippen LogP contribution in [-0.2, 0) is 9.59 Å². The minimum absolute atomic E-state index is 0.124. The number of ether oxygens (including phenoxy) is 1. The molecule has 1 aromatic carbocycles. The smallest absolute Gasteiger partial charge is 0.289 e. The summed E-state index contributed by atoms with van der Waals surface area (Å²) in [6.07, 6.45) is 2.56. The van der Waals surface area contributed by atoms with Crippen molar-refractivity contribution in [2.24, 2.45) is 5.92 Å². The molecule has 1 aromatic heterocycles. The van der Waals surface area contributed by atoms with Crippen LogP contribution >= 0.6 is 0 Å². The number of amides is 3. The fraction of sp³-hybridized carbons (Fsp3) is 0.381. The molecule has 1 fully saturated rings. The molecule has 0 unspecified atom stereocenters. The third-order valence-corrected chi connectivity index (χ3v) is 4.94. The van der Waals surface area contributed by atoms with Crippen molar-refractivity contribution >= 4 is 23.4 Å². The molecule has 0 bridgehead atoms. The molecular formula is C21H25N3O5. The van der Waals surface area contributed by atoms with Gasteiger partial charge in [0.2, 0.25) is 11.8 Å². The second kappa shape index (κ2) is 9.27. The molecular weight excluding hydrogens is 374 g/mol. The Bertz CT molecular complexity index is 870. The zero-order chi connectivity index (χ0) is 20.8. The van der Waals surface area contributed by atoms with E-state index in [4.69, 9.17) is 9.15 Å². The van der Waals surface area contributed by atoms with Crippen LogP contribution in [-0.4, -0.2) is 49.4 Å². The van der Waals surface area contributed by atoms with Crippen LogP contribution in [0.4, 0.5) is 5.69 Å². The van der Waals surface area contributed by atoms with E-state index in [0.717, 1.165) is 5.56 Å². The summed E-state index contributed by atoms with van der Waals surface area (Å²) in [6.45, 7) is 2.75. The zero-order valence-electron chi connectivity index (χ0n) is 16.6. The molecule has 2 aromatic rings. The molecule has 1 aliphatic heterocycles. The lowest BCUT2D eigenvalue weighted by atomic mass is 9.95. The monoisotopic (exact) mass is 399 g/mol. The number of benzene rings is 1. The van der Waals surface area contributed by atoms with E-state index in [0.29, 0.717) is 43.1 Å². The number of carbonyl (C=O) groups excluding carboxylic acids is 3. The molecule has 0 atom stereocenters. The van der Waals surface area contributed by atoms with E-state index < -0.39 is 0 Å². The summed E-state index contributed by atoms with van der Waals surface area (Å²) in [5.74, 6) is -0.0357. The third kappa shape index (κ3) is 5.16. The van der Waals surface area contributed by atoms with Gasteiger partial charge in [-0.1, -0.05) is 6.07 Å². The Hall–Kier alpha value is -3.29. The molecule has 0 spiro atoms. The first-order valence-corrected chi connectivity index (χ1v) is 9.53. The highest BCUT2D eigenvalue weighted by Crippen LogP contribution is 2.25. The average molecular weight is 399 g/mol. The first-order valence-electron chi connectivity index (χ1n) is 9.53. The van der Waals surface area contributed by atoms with E-state index in [9.17, 15) is 14.4 Å². The predicted octanol–water partition coefficient (Wildman–Crippen LogP) is 2.20. The van der Waals surface area contributed by atoms with Gasteiger partial charge in [-0.15, -0.1) is 0 Å². The van der Waals surface area contributed by atoms with Crippen molar-refractivity contribution in [1.29, 1.82) is 0 Å². The van der Waals surface area contributed by atoms with Gasteiger partial charge in [-0.25, -0.2) is 0 Å². The number of furan rings is 1. The lowest BCUT2D eigenvalue weighted by Gasteiger charge is -2.30. The fourth-order valence-electron chi connectivity index (χ4n) is 3.33. The van der Waals surface area contributed by atoms with E-state index in [1.807, 2.05) is 19.1 Å². The molecule has 1 saturated heterocycles. The van der Waals surface area contributed by atoms with Gasteiger partial charge in [0, 0.05) is 19.0 Å². The lowest BCUT2D eigenvalue weighted by Crippen LogP contribution is -2.44. The Kier molecular flexibility index (Phi) is 6.54. The Morgan fingerprint density at radius 3 is 2.62 bits per heavy atom. The van der Waals surface area contributed by atoms with Gasteiger partial charge in [0.05, 0.1) is 25.6 Å². The molecule has 154 valence electrons. The number of rotatable bonds is 6. The number of carbonyl (C=O) groups is 3. The van der Waals surface area contributed by atoms with E-state index >= 15 is 0 Å². The van der Waals surface area contributed by atoms with Crippen LogP contribution in [0.25, 0.3) is 0 Å². The maximum Gasteiger partial charge on any atom is 0.289 e. The SMILES string of the molecule is COc1ccc(C)cc1NC(=O)CNC(=O)C1CCN(C(=O)c2ccco2)CC1. The number of likely N-dealkylation sites (tertiary alicyclic amines) is 1. The fourth-order valence-corrected chi connectivity index (χ4v) is 3.33. The van der Waals surface area contributed by atoms with Crippen LogP contribution in [0.15, 0.2) is 41.0 Å². The average Bonchev–Trinajstić information content (AvgIpc) is 3.27. The summed E-state index contributed by atoms with van der Waals surface area (Å²) in [6, 6.07) is 8.78. The molecule has 8 nitrogen and oxygen atoms in total. The van der Waals surface area contributed by atoms with Crippen LogP contribution in [0.1, 0.15) is 29.0 Å². The zero-order valence-corrected chi connectivity index (χ0v) is 16.6. The normalized spacial score (nSPS) is 14.3. The minimum Gasteiger partial charge on any atom is -0.495 e. The predicted molar refractivity (Wildman–Crippen MR) is 107 cm³/mol. The number of methoxy groups -OCH3 is 1. The molecule has 0 radical (unpaired) electrons. The molecule has 3 rings (SSSR count). The molecule has 29 heavy (non-hydrogen) atoms. The van der Waals surface area contributed by atoms with Gasteiger partial charge in [0.25, 0.3) is 5.91 Å².